The third-order valence-electron chi connectivity index (χ3n) is 2.11. The van der Waals surface area contributed by atoms with Crippen LogP contribution in [0.3, 0.4) is 0 Å². The van der Waals surface area contributed by atoms with Crippen LogP contribution in [0.5, 0.6) is 0 Å². The number of nitriles is 1. The van der Waals surface area contributed by atoms with Crippen LogP contribution in [0.1, 0.15) is 6.92 Å². The van der Waals surface area contributed by atoms with Crippen LogP contribution in [0.2, 0.25) is 0 Å². The minimum absolute atomic E-state index is 0.481. The Kier molecular flexibility index (Phi) is 2.35. The molecule has 0 radical (unpaired) electrons. The van der Waals surface area contributed by atoms with Gasteiger partial charge in [0.15, 0.2) is 0 Å². The summed E-state index contributed by atoms with van der Waals surface area (Å²) in [6.45, 7) is 1.05. The van der Waals surface area contributed by atoms with Gasteiger partial charge in [0.2, 0.25) is 5.60 Å². The first-order valence-corrected chi connectivity index (χ1v) is 3.64. The molecule has 0 spiro atoms. The van der Waals surface area contributed by atoms with Gasteiger partial charge in [-0.25, -0.2) is 0 Å². The first-order chi connectivity index (χ1) is 5.56. The van der Waals surface area contributed by atoms with Gasteiger partial charge in [-0.05, 0) is 6.92 Å². The Hall–Kier alpha value is -0.670. The number of hydrogen-bond acceptors (Lipinski definition) is 5. The minimum atomic E-state index is -1.98. The summed E-state index contributed by atoms with van der Waals surface area (Å²) < 4.78 is 4.96. The van der Waals surface area contributed by atoms with Crippen LogP contribution in [0.25, 0.3) is 0 Å². The highest BCUT2D eigenvalue weighted by atomic mass is 16.6. The topological polar surface area (TPSA) is 93.7 Å². The maximum Gasteiger partial charge on any atom is 0.208 e. The van der Waals surface area contributed by atoms with Crippen LogP contribution >= 0.6 is 0 Å². The molecule has 1 fully saturated rings. The van der Waals surface area contributed by atoms with Crippen molar-refractivity contribution < 1.29 is 20.1 Å². The minimum Gasteiger partial charge on any atom is -0.394 e. The van der Waals surface area contributed by atoms with Gasteiger partial charge in [0, 0.05) is 0 Å². The molecular formula is C7H11NO4. The molecule has 0 aromatic rings. The van der Waals surface area contributed by atoms with E-state index < -0.39 is 30.5 Å². The number of hydrogen-bond donors (Lipinski definition) is 3. The molecule has 4 atom stereocenters. The van der Waals surface area contributed by atoms with E-state index in [1.807, 2.05) is 0 Å². The average molecular weight is 173 g/mol. The van der Waals surface area contributed by atoms with Gasteiger partial charge in [-0.1, -0.05) is 0 Å². The third kappa shape index (κ3) is 1.09. The van der Waals surface area contributed by atoms with Gasteiger partial charge < -0.3 is 20.1 Å². The van der Waals surface area contributed by atoms with Crippen molar-refractivity contribution in [2.24, 2.45) is 0 Å². The molecule has 3 N–H and O–H groups in total. The van der Waals surface area contributed by atoms with Gasteiger partial charge >= 0.3 is 0 Å². The van der Waals surface area contributed by atoms with Crippen molar-refractivity contribution in [2.45, 2.75) is 30.8 Å². The van der Waals surface area contributed by atoms with E-state index in [1.54, 1.807) is 6.07 Å². The molecule has 0 bridgehead atoms. The van der Waals surface area contributed by atoms with Gasteiger partial charge in [-0.3, -0.25) is 0 Å². The van der Waals surface area contributed by atoms with Crippen LogP contribution in [-0.2, 0) is 4.74 Å². The molecular weight excluding hydrogens is 162 g/mol. The average Bonchev–Trinajstić information content (AvgIpc) is 2.30. The molecule has 0 aromatic carbocycles. The molecule has 0 saturated carbocycles. The van der Waals surface area contributed by atoms with Gasteiger partial charge in [0.05, 0.1) is 12.7 Å². The summed E-state index contributed by atoms with van der Waals surface area (Å²) in [5.41, 5.74) is -1.98. The van der Waals surface area contributed by atoms with Crippen molar-refractivity contribution in [1.82, 2.24) is 0 Å². The van der Waals surface area contributed by atoms with Gasteiger partial charge in [0.25, 0.3) is 0 Å². The number of nitrogens with zero attached hydrogens (tertiary/aromatic N) is 1. The van der Waals surface area contributed by atoms with E-state index in [0.717, 1.165) is 0 Å². The summed E-state index contributed by atoms with van der Waals surface area (Å²) in [4.78, 5) is 0. The normalized spacial score (nSPS) is 47.4. The lowest BCUT2D eigenvalue weighted by molar-refractivity contribution is -0.0542. The zero-order valence-electron chi connectivity index (χ0n) is 6.64. The van der Waals surface area contributed by atoms with Crippen LogP contribution in [0, 0.1) is 11.3 Å². The first-order valence-electron chi connectivity index (χ1n) is 3.64. The largest absolute Gasteiger partial charge is 0.394 e. The van der Waals surface area contributed by atoms with Gasteiger partial charge in [-0.2, -0.15) is 5.26 Å². The molecule has 5 heteroatoms. The monoisotopic (exact) mass is 173 g/mol. The number of ether oxygens (including phenoxy) is 1. The Morgan fingerprint density at radius 2 is 2.25 bits per heavy atom. The number of rotatable bonds is 1. The van der Waals surface area contributed by atoms with Gasteiger partial charge in [0.1, 0.15) is 18.3 Å². The second kappa shape index (κ2) is 2.99. The standard InChI is InChI=1S/C7H11NO4/c1-4-6(10)7(11,3-8)5(2-9)12-4/h4-6,9-11H,2H2,1H3/t4-,5+,6?,7-/m0/s1. The summed E-state index contributed by atoms with van der Waals surface area (Å²) in [7, 11) is 0. The fraction of sp³-hybridized carbons (Fsp3) is 0.857. The SMILES string of the molecule is C[C@@H]1O[C@H](CO)[C@@](O)(C#N)C1O. The van der Waals surface area contributed by atoms with Crippen molar-refractivity contribution in [3.63, 3.8) is 0 Å². The molecule has 5 nitrogen and oxygen atoms in total. The van der Waals surface area contributed by atoms with Crippen molar-refractivity contribution in [3.05, 3.63) is 0 Å². The maximum atomic E-state index is 9.50. The molecule has 1 unspecified atom stereocenters. The number of aliphatic hydroxyl groups excluding tert-OH is 2. The Morgan fingerprint density at radius 1 is 1.67 bits per heavy atom. The van der Waals surface area contributed by atoms with E-state index >= 15 is 0 Å². The molecule has 12 heavy (non-hydrogen) atoms. The molecule has 1 aliphatic heterocycles. The van der Waals surface area contributed by atoms with Gasteiger partial charge in [-0.15, -0.1) is 0 Å². The molecule has 1 saturated heterocycles. The van der Waals surface area contributed by atoms with Crippen molar-refractivity contribution in [2.75, 3.05) is 6.61 Å². The Labute approximate surface area is 69.8 Å². The molecule has 1 heterocycles. The smallest absolute Gasteiger partial charge is 0.208 e. The second-order valence-electron chi connectivity index (χ2n) is 2.89. The predicted octanol–water partition coefficient (Wildman–Crippen LogP) is -1.62. The number of aliphatic hydroxyl groups is 3. The van der Waals surface area contributed by atoms with Crippen molar-refractivity contribution in [3.8, 4) is 6.07 Å². The van der Waals surface area contributed by atoms with E-state index in [0.29, 0.717) is 0 Å². The molecule has 1 aliphatic rings. The summed E-state index contributed by atoms with van der Waals surface area (Å²) in [5, 5.41) is 36.1. The summed E-state index contributed by atoms with van der Waals surface area (Å²) >= 11 is 0. The van der Waals surface area contributed by atoms with Crippen LogP contribution in [0.15, 0.2) is 0 Å². The Balaban J connectivity index is 2.89. The highest BCUT2D eigenvalue weighted by molar-refractivity contribution is 5.15. The molecule has 1 rings (SSSR count). The summed E-state index contributed by atoms with van der Waals surface area (Å²) in [6, 6.07) is 1.54. The van der Waals surface area contributed by atoms with Crippen molar-refractivity contribution >= 4 is 0 Å². The van der Waals surface area contributed by atoms with Crippen molar-refractivity contribution in [1.29, 1.82) is 5.26 Å². The fourth-order valence-electron chi connectivity index (χ4n) is 1.31. The zero-order valence-corrected chi connectivity index (χ0v) is 6.64. The van der Waals surface area contributed by atoms with E-state index in [-0.39, 0.29) is 0 Å². The lowest BCUT2D eigenvalue weighted by atomic mass is 9.93. The van der Waals surface area contributed by atoms with E-state index in [2.05, 4.69) is 0 Å². The summed E-state index contributed by atoms with van der Waals surface area (Å²) in [6.07, 6.45) is -2.92. The molecule has 0 aliphatic carbocycles. The maximum absolute atomic E-state index is 9.50. The lowest BCUT2D eigenvalue weighted by Gasteiger charge is -2.21. The summed E-state index contributed by atoms with van der Waals surface area (Å²) in [5.74, 6) is 0. The van der Waals surface area contributed by atoms with E-state index in [4.69, 9.17) is 15.1 Å². The first kappa shape index (κ1) is 9.42. The van der Waals surface area contributed by atoms with Crippen LogP contribution < -0.4 is 0 Å². The Morgan fingerprint density at radius 3 is 2.58 bits per heavy atom. The second-order valence-corrected chi connectivity index (χ2v) is 2.89. The predicted molar refractivity (Wildman–Crippen MR) is 38.0 cm³/mol. The zero-order chi connectivity index (χ0) is 9.35. The third-order valence-corrected chi connectivity index (χ3v) is 2.11. The lowest BCUT2D eigenvalue weighted by Crippen LogP contribution is -2.47. The quantitative estimate of drug-likeness (QED) is 0.414. The highest BCUT2D eigenvalue weighted by Crippen LogP contribution is 2.30. The molecule has 68 valence electrons. The van der Waals surface area contributed by atoms with Crippen LogP contribution in [0.4, 0.5) is 0 Å². The Bertz CT molecular complexity index is 214. The highest BCUT2D eigenvalue weighted by Gasteiger charge is 2.54. The van der Waals surface area contributed by atoms with E-state index in [1.165, 1.54) is 6.92 Å². The fourth-order valence-corrected chi connectivity index (χ4v) is 1.31. The molecule has 0 aromatic heterocycles. The van der Waals surface area contributed by atoms with Crippen LogP contribution in [-0.4, -0.2) is 45.8 Å². The molecule has 0 amide bonds. The van der Waals surface area contributed by atoms with E-state index in [9.17, 15) is 10.2 Å².